The van der Waals surface area contributed by atoms with Gasteiger partial charge in [0.1, 0.15) is 12.2 Å². The quantitative estimate of drug-likeness (QED) is 0.210. The van der Waals surface area contributed by atoms with Gasteiger partial charge >= 0.3 is 6.03 Å². The molecule has 1 saturated heterocycles. The molecule has 1 aliphatic heterocycles. The lowest BCUT2D eigenvalue weighted by molar-refractivity contribution is -0.122. The van der Waals surface area contributed by atoms with Crippen molar-refractivity contribution >= 4 is 68.7 Å². The van der Waals surface area contributed by atoms with Crippen LogP contribution in [0.15, 0.2) is 70.7 Å². The van der Waals surface area contributed by atoms with Crippen molar-refractivity contribution in [1.82, 2.24) is 5.32 Å². The summed E-state index contributed by atoms with van der Waals surface area (Å²) in [4.78, 5) is 40.2. The summed E-state index contributed by atoms with van der Waals surface area (Å²) in [6.45, 7) is 0.257. The number of rotatable bonds is 6. The molecule has 220 valence electrons. The number of barbiturate groups is 1. The Labute approximate surface area is 268 Å². The van der Waals surface area contributed by atoms with Crippen LogP contribution in [0.2, 0.25) is 10.0 Å². The standard InChI is InChI=1S/C34H29BrCl2N2O4/c35-25-5-1-19(2-6-25)18-43-30-28(36)13-20(14-29(30)37)12-27-31(40)38-33(42)39(32(27)41)26-7-3-24(4-8-26)34-15-21-9-22(16-34)11-23(10-21)17-34/h1-8,12-14,21-23H,9-11,15-18H2,(H,38,40,42)/b27-12+. The Morgan fingerprint density at radius 2 is 1.47 bits per heavy atom. The summed E-state index contributed by atoms with van der Waals surface area (Å²) in [5.74, 6) is 1.25. The third-order valence-corrected chi connectivity index (χ3v) is 10.6. The number of nitrogens with one attached hydrogen (secondary N) is 1. The summed E-state index contributed by atoms with van der Waals surface area (Å²) in [6, 6.07) is 17.8. The van der Waals surface area contributed by atoms with E-state index in [1.54, 1.807) is 12.1 Å². The summed E-state index contributed by atoms with van der Waals surface area (Å²) >= 11 is 16.4. The molecule has 8 rings (SSSR count). The van der Waals surface area contributed by atoms with Crippen LogP contribution >= 0.6 is 39.1 Å². The SMILES string of the molecule is O=C1NC(=O)N(c2ccc(C34CC5CC(CC(C5)C3)C4)cc2)C(=O)/C1=C/c1cc(Cl)c(OCc2ccc(Br)cc2)c(Cl)c1. The third-order valence-electron chi connectivity index (χ3n) is 9.51. The Hall–Kier alpha value is -3.13. The van der Waals surface area contributed by atoms with Crippen LogP contribution < -0.4 is 15.0 Å². The fourth-order valence-corrected chi connectivity index (χ4v) is 8.90. The number of carbonyl (C=O) groups excluding carboxylic acids is 3. The highest BCUT2D eigenvalue weighted by atomic mass is 79.9. The molecule has 3 aromatic carbocycles. The summed E-state index contributed by atoms with van der Waals surface area (Å²) in [7, 11) is 0. The number of ether oxygens (including phenoxy) is 1. The molecule has 4 bridgehead atoms. The Morgan fingerprint density at radius 1 is 0.884 bits per heavy atom. The van der Waals surface area contributed by atoms with Gasteiger partial charge in [0.25, 0.3) is 11.8 Å². The minimum absolute atomic E-state index is 0.194. The van der Waals surface area contributed by atoms with Gasteiger partial charge in [-0.3, -0.25) is 14.9 Å². The van der Waals surface area contributed by atoms with Crippen molar-refractivity contribution in [2.24, 2.45) is 17.8 Å². The summed E-state index contributed by atoms with van der Waals surface area (Å²) < 4.78 is 6.82. The highest BCUT2D eigenvalue weighted by molar-refractivity contribution is 9.10. The van der Waals surface area contributed by atoms with Crippen LogP contribution in [0.1, 0.15) is 55.2 Å². The highest BCUT2D eigenvalue weighted by Crippen LogP contribution is 2.60. The molecule has 6 nitrogen and oxygen atoms in total. The number of amides is 4. The van der Waals surface area contributed by atoms with Gasteiger partial charge in [0.15, 0.2) is 5.75 Å². The number of hydrogen-bond acceptors (Lipinski definition) is 4. The van der Waals surface area contributed by atoms with Crippen LogP contribution in [-0.4, -0.2) is 17.8 Å². The number of benzene rings is 3. The maximum atomic E-state index is 13.6. The number of anilines is 1. The molecule has 4 saturated carbocycles. The molecule has 0 unspecified atom stereocenters. The Bertz CT molecular complexity index is 1610. The first-order valence-corrected chi connectivity index (χ1v) is 16.1. The average molecular weight is 680 g/mol. The van der Waals surface area contributed by atoms with E-state index in [4.69, 9.17) is 27.9 Å². The number of halogens is 3. The number of carbonyl (C=O) groups is 3. The number of hydrogen-bond donors (Lipinski definition) is 1. The van der Waals surface area contributed by atoms with E-state index >= 15 is 0 Å². The summed E-state index contributed by atoms with van der Waals surface area (Å²) in [5, 5.41) is 2.76. The predicted octanol–water partition coefficient (Wildman–Crippen LogP) is 8.47. The molecule has 9 heteroatoms. The van der Waals surface area contributed by atoms with Crippen molar-refractivity contribution in [2.45, 2.75) is 50.5 Å². The summed E-state index contributed by atoms with van der Waals surface area (Å²) in [5.41, 5.74) is 3.08. The minimum Gasteiger partial charge on any atom is -0.486 e. The van der Waals surface area contributed by atoms with Gasteiger partial charge in [-0.05, 0) is 121 Å². The molecule has 5 aliphatic rings. The van der Waals surface area contributed by atoms with Crippen molar-refractivity contribution in [3.63, 3.8) is 0 Å². The largest absolute Gasteiger partial charge is 0.486 e. The molecular formula is C34H29BrCl2N2O4. The second kappa shape index (κ2) is 11.1. The topological polar surface area (TPSA) is 75.7 Å². The first-order chi connectivity index (χ1) is 20.7. The molecule has 5 fully saturated rings. The Morgan fingerprint density at radius 3 is 2.05 bits per heavy atom. The molecule has 0 spiro atoms. The average Bonchev–Trinajstić information content (AvgIpc) is 2.95. The lowest BCUT2D eigenvalue weighted by atomic mass is 9.48. The van der Waals surface area contributed by atoms with Crippen LogP contribution in [-0.2, 0) is 21.6 Å². The van der Waals surface area contributed by atoms with E-state index in [0.29, 0.717) is 17.0 Å². The second-order valence-corrected chi connectivity index (χ2v) is 14.2. The van der Waals surface area contributed by atoms with E-state index in [0.717, 1.165) is 32.7 Å². The maximum Gasteiger partial charge on any atom is 0.335 e. The fraction of sp³-hybridized carbons (Fsp3) is 0.324. The molecule has 43 heavy (non-hydrogen) atoms. The third kappa shape index (κ3) is 5.41. The second-order valence-electron chi connectivity index (χ2n) is 12.4. The highest BCUT2D eigenvalue weighted by Gasteiger charge is 2.51. The van der Waals surface area contributed by atoms with E-state index in [2.05, 4.69) is 33.4 Å². The molecule has 0 atom stereocenters. The van der Waals surface area contributed by atoms with Crippen molar-refractivity contribution in [3.05, 3.63) is 97.4 Å². The summed E-state index contributed by atoms with van der Waals surface area (Å²) in [6.07, 6.45) is 9.15. The van der Waals surface area contributed by atoms with E-state index in [1.165, 1.54) is 50.2 Å². The number of imide groups is 2. The molecule has 4 aliphatic carbocycles. The molecule has 4 amide bonds. The zero-order valence-corrected chi connectivity index (χ0v) is 26.3. The van der Waals surface area contributed by atoms with Crippen LogP contribution in [0.5, 0.6) is 5.75 Å². The zero-order chi connectivity index (χ0) is 29.9. The smallest absolute Gasteiger partial charge is 0.335 e. The molecule has 1 heterocycles. The lowest BCUT2D eigenvalue weighted by Crippen LogP contribution is -2.54. The molecule has 0 radical (unpaired) electrons. The van der Waals surface area contributed by atoms with Gasteiger partial charge in [-0.2, -0.15) is 0 Å². The number of nitrogens with zero attached hydrogens (tertiary/aromatic N) is 1. The molecule has 1 N–H and O–H groups in total. The van der Waals surface area contributed by atoms with Gasteiger partial charge in [0.05, 0.1) is 15.7 Å². The van der Waals surface area contributed by atoms with E-state index in [-0.39, 0.29) is 27.6 Å². The number of urea groups is 1. The molecular weight excluding hydrogens is 651 g/mol. The Balaban J connectivity index is 1.11. The van der Waals surface area contributed by atoms with E-state index < -0.39 is 17.8 Å². The lowest BCUT2D eigenvalue weighted by Gasteiger charge is -2.57. The maximum absolute atomic E-state index is 13.6. The first kappa shape index (κ1) is 28.6. The minimum atomic E-state index is -0.778. The first-order valence-electron chi connectivity index (χ1n) is 14.6. The van der Waals surface area contributed by atoms with Gasteiger partial charge < -0.3 is 4.74 Å². The van der Waals surface area contributed by atoms with Crippen LogP contribution in [0.25, 0.3) is 6.08 Å². The van der Waals surface area contributed by atoms with Crippen molar-refractivity contribution in [2.75, 3.05) is 4.90 Å². The van der Waals surface area contributed by atoms with Gasteiger partial charge in [-0.25, -0.2) is 9.69 Å². The van der Waals surface area contributed by atoms with Crippen LogP contribution in [0, 0.1) is 17.8 Å². The van der Waals surface area contributed by atoms with Crippen LogP contribution in [0.4, 0.5) is 10.5 Å². The fourth-order valence-electron chi connectivity index (χ4n) is 8.02. The van der Waals surface area contributed by atoms with Crippen molar-refractivity contribution in [1.29, 1.82) is 0 Å². The Kier molecular flexibility index (Phi) is 7.39. The predicted molar refractivity (Wildman–Crippen MR) is 170 cm³/mol. The molecule has 3 aromatic rings. The van der Waals surface area contributed by atoms with Crippen LogP contribution in [0.3, 0.4) is 0 Å². The molecule has 0 aromatic heterocycles. The van der Waals surface area contributed by atoms with E-state index in [1.807, 2.05) is 36.4 Å². The van der Waals surface area contributed by atoms with Gasteiger partial charge in [-0.15, -0.1) is 0 Å². The van der Waals surface area contributed by atoms with Gasteiger partial charge in [0, 0.05) is 4.47 Å². The van der Waals surface area contributed by atoms with Crippen molar-refractivity contribution in [3.8, 4) is 5.75 Å². The monoisotopic (exact) mass is 678 g/mol. The van der Waals surface area contributed by atoms with Gasteiger partial charge in [-0.1, -0.05) is 63.4 Å². The van der Waals surface area contributed by atoms with Gasteiger partial charge in [0.2, 0.25) is 0 Å². The normalized spacial score (nSPS) is 27.1. The zero-order valence-electron chi connectivity index (χ0n) is 23.2. The van der Waals surface area contributed by atoms with Crippen molar-refractivity contribution < 1.29 is 19.1 Å². The van der Waals surface area contributed by atoms with E-state index in [9.17, 15) is 14.4 Å².